The van der Waals surface area contributed by atoms with Crippen LogP contribution in [0.1, 0.15) is 5.69 Å². The Morgan fingerprint density at radius 2 is 1.80 bits per heavy atom. The van der Waals surface area contributed by atoms with Crippen LogP contribution in [0.3, 0.4) is 0 Å². The number of halogens is 2. The molecule has 0 N–H and O–H groups in total. The zero-order valence-corrected chi connectivity index (χ0v) is 8.92. The molecule has 0 amide bonds. The number of benzene rings is 1. The predicted molar refractivity (Wildman–Crippen MR) is 59.4 cm³/mol. The van der Waals surface area contributed by atoms with Crippen LogP contribution in [0, 0.1) is 12.7 Å². The first-order chi connectivity index (χ1) is 7.18. The van der Waals surface area contributed by atoms with E-state index >= 15 is 0 Å². The van der Waals surface area contributed by atoms with Gasteiger partial charge in [-0.05, 0) is 25.1 Å². The van der Waals surface area contributed by atoms with E-state index in [1.165, 1.54) is 6.07 Å². The zero-order valence-electron chi connectivity index (χ0n) is 8.17. The quantitative estimate of drug-likeness (QED) is 0.667. The maximum Gasteiger partial charge on any atom is 0.137 e. The van der Waals surface area contributed by atoms with Crippen LogP contribution >= 0.6 is 11.6 Å². The minimum atomic E-state index is -0.287. The van der Waals surface area contributed by atoms with Gasteiger partial charge in [-0.1, -0.05) is 29.8 Å². The molecule has 76 valence electrons. The maximum absolute atomic E-state index is 13.5. The Kier molecular flexibility index (Phi) is 2.69. The van der Waals surface area contributed by atoms with Crippen LogP contribution in [0.4, 0.5) is 4.39 Å². The summed E-state index contributed by atoms with van der Waals surface area (Å²) in [5, 5.41) is 0.333. The molecule has 1 nitrogen and oxygen atoms in total. The van der Waals surface area contributed by atoms with Gasteiger partial charge in [0.05, 0.1) is 0 Å². The Hall–Kier alpha value is -1.41. The minimum absolute atomic E-state index is 0.287. The van der Waals surface area contributed by atoms with Crippen molar-refractivity contribution in [2.24, 2.45) is 0 Å². The Balaban J connectivity index is 2.60. The number of aryl methyl sites for hydroxylation is 1. The molecule has 0 aliphatic heterocycles. The van der Waals surface area contributed by atoms with Crippen molar-refractivity contribution in [1.82, 2.24) is 4.98 Å². The van der Waals surface area contributed by atoms with Crippen LogP contribution in [-0.4, -0.2) is 4.98 Å². The fourth-order valence-electron chi connectivity index (χ4n) is 1.41. The van der Waals surface area contributed by atoms with Crippen molar-refractivity contribution in [2.75, 3.05) is 0 Å². The van der Waals surface area contributed by atoms with Gasteiger partial charge in [-0.2, -0.15) is 0 Å². The molecule has 0 unspecified atom stereocenters. The zero-order chi connectivity index (χ0) is 10.8. The minimum Gasteiger partial charge on any atom is -0.241 e. The molecule has 2 aromatic rings. The van der Waals surface area contributed by atoms with Gasteiger partial charge in [-0.3, -0.25) is 0 Å². The molecule has 0 radical (unpaired) electrons. The summed E-state index contributed by atoms with van der Waals surface area (Å²) in [6.07, 6.45) is 0. The molecule has 3 heteroatoms. The molecular formula is C12H9ClFN. The first kappa shape index (κ1) is 10.1. The van der Waals surface area contributed by atoms with E-state index in [4.69, 9.17) is 11.6 Å². The highest BCUT2D eigenvalue weighted by Crippen LogP contribution is 2.28. The van der Waals surface area contributed by atoms with E-state index in [9.17, 15) is 4.39 Å². The second-order valence-corrected chi connectivity index (χ2v) is 3.63. The van der Waals surface area contributed by atoms with E-state index < -0.39 is 0 Å². The Morgan fingerprint density at radius 1 is 1.07 bits per heavy atom. The van der Waals surface area contributed by atoms with E-state index in [2.05, 4.69) is 4.98 Å². The van der Waals surface area contributed by atoms with Crippen molar-refractivity contribution < 1.29 is 4.39 Å². The number of nitrogens with zero attached hydrogens (tertiary/aromatic N) is 1. The largest absolute Gasteiger partial charge is 0.241 e. The lowest BCUT2D eigenvalue weighted by molar-refractivity contribution is 0.631. The fraction of sp³-hybridized carbons (Fsp3) is 0.0833. The predicted octanol–water partition coefficient (Wildman–Crippen LogP) is 3.85. The van der Waals surface area contributed by atoms with Crippen molar-refractivity contribution in [3.05, 3.63) is 53.1 Å². The normalized spacial score (nSPS) is 10.3. The molecular weight excluding hydrogens is 213 g/mol. The summed E-state index contributed by atoms with van der Waals surface area (Å²) in [4.78, 5) is 4.09. The standard InChI is InChI=1S/C12H9ClFN/c1-8-6-7-10(12(13)15-8)9-4-2-3-5-11(9)14/h2-7H,1H3. The smallest absolute Gasteiger partial charge is 0.137 e. The van der Waals surface area contributed by atoms with Crippen LogP contribution in [0.2, 0.25) is 5.15 Å². The number of hydrogen-bond acceptors (Lipinski definition) is 1. The molecule has 0 saturated heterocycles. The van der Waals surface area contributed by atoms with E-state index in [0.717, 1.165) is 5.69 Å². The molecule has 0 aliphatic rings. The van der Waals surface area contributed by atoms with Crippen molar-refractivity contribution in [2.45, 2.75) is 6.92 Å². The van der Waals surface area contributed by atoms with Crippen LogP contribution < -0.4 is 0 Å². The van der Waals surface area contributed by atoms with Gasteiger partial charge in [0, 0.05) is 16.8 Å². The van der Waals surface area contributed by atoms with Crippen LogP contribution in [0.25, 0.3) is 11.1 Å². The first-order valence-electron chi connectivity index (χ1n) is 4.56. The molecule has 0 saturated carbocycles. The second kappa shape index (κ2) is 3.99. The molecule has 1 heterocycles. The average molecular weight is 222 g/mol. The fourth-order valence-corrected chi connectivity index (χ4v) is 1.70. The number of pyridine rings is 1. The number of hydrogen-bond donors (Lipinski definition) is 0. The lowest BCUT2D eigenvalue weighted by Gasteiger charge is -2.05. The van der Waals surface area contributed by atoms with Gasteiger partial charge in [-0.25, -0.2) is 9.37 Å². The summed E-state index contributed by atoms with van der Waals surface area (Å²) in [5.41, 5.74) is 1.93. The summed E-state index contributed by atoms with van der Waals surface area (Å²) >= 11 is 5.96. The Bertz CT molecular complexity index is 497. The molecule has 0 spiro atoms. The highest BCUT2D eigenvalue weighted by molar-refractivity contribution is 6.32. The lowest BCUT2D eigenvalue weighted by Crippen LogP contribution is -1.88. The van der Waals surface area contributed by atoms with Crippen LogP contribution in [-0.2, 0) is 0 Å². The first-order valence-corrected chi connectivity index (χ1v) is 4.94. The maximum atomic E-state index is 13.5. The van der Waals surface area contributed by atoms with Crippen molar-refractivity contribution >= 4 is 11.6 Å². The van der Waals surface area contributed by atoms with Crippen LogP contribution in [0.5, 0.6) is 0 Å². The summed E-state index contributed by atoms with van der Waals surface area (Å²) in [6.45, 7) is 1.84. The average Bonchev–Trinajstić information content (AvgIpc) is 2.20. The van der Waals surface area contributed by atoms with Gasteiger partial charge in [0.1, 0.15) is 11.0 Å². The van der Waals surface area contributed by atoms with Gasteiger partial charge in [-0.15, -0.1) is 0 Å². The lowest BCUT2D eigenvalue weighted by atomic mass is 10.1. The number of aromatic nitrogens is 1. The third-order valence-corrected chi connectivity index (χ3v) is 2.44. The SMILES string of the molecule is Cc1ccc(-c2ccccc2F)c(Cl)n1. The summed E-state index contributed by atoms with van der Waals surface area (Å²) < 4.78 is 13.5. The Labute approximate surface area is 92.5 Å². The van der Waals surface area contributed by atoms with Gasteiger partial charge < -0.3 is 0 Å². The third-order valence-electron chi connectivity index (χ3n) is 2.15. The van der Waals surface area contributed by atoms with E-state index in [-0.39, 0.29) is 5.82 Å². The number of rotatable bonds is 1. The molecule has 0 atom stereocenters. The molecule has 0 aliphatic carbocycles. The monoisotopic (exact) mass is 221 g/mol. The van der Waals surface area contributed by atoms with Gasteiger partial charge in [0.25, 0.3) is 0 Å². The molecule has 2 rings (SSSR count). The molecule has 1 aromatic carbocycles. The van der Waals surface area contributed by atoms with E-state index in [1.807, 2.05) is 13.0 Å². The Morgan fingerprint density at radius 3 is 2.47 bits per heavy atom. The van der Waals surface area contributed by atoms with Gasteiger partial charge in [0.15, 0.2) is 0 Å². The topological polar surface area (TPSA) is 12.9 Å². The van der Waals surface area contributed by atoms with Crippen molar-refractivity contribution in [3.8, 4) is 11.1 Å². The van der Waals surface area contributed by atoms with Gasteiger partial charge >= 0.3 is 0 Å². The molecule has 0 bridgehead atoms. The second-order valence-electron chi connectivity index (χ2n) is 3.27. The third kappa shape index (κ3) is 2.00. The summed E-state index contributed by atoms with van der Waals surface area (Å²) in [7, 11) is 0. The summed E-state index contributed by atoms with van der Waals surface area (Å²) in [5.74, 6) is -0.287. The summed E-state index contributed by atoms with van der Waals surface area (Å²) in [6, 6.07) is 10.1. The molecule has 1 aromatic heterocycles. The highest BCUT2D eigenvalue weighted by Gasteiger charge is 2.08. The van der Waals surface area contributed by atoms with E-state index in [0.29, 0.717) is 16.3 Å². The highest BCUT2D eigenvalue weighted by atomic mass is 35.5. The van der Waals surface area contributed by atoms with Crippen molar-refractivity contribution in [3.63, 3.8) is 0 Å². The van der Waals surface area contributed by atoms with Gasteiger partial charge in [0.2, 0.25) is 0 Å². The van der Waals surface area contributed by atoms with Crippen molar-refractivity contribution in [1.29, 1.82) is 0 Å². The van der Waals surface area contributed by atoms with E-state index in [1.54, 1.807) is 24.3 Å². The molecule has 0 fully saturated rings. The van der Waals surface area contributed by atoms with Crippen LogP contribution in [0.15, 0.2) is 36.4 Å². The molecule has 15 heavy (non-hydrogen) atoms.